The van der Waals surface area contributed by atoms with E-state index in [1.54, 1.807) is 6.20 Å². The fraction of sp³-hybridized carbons (Fsp3) is 0.125. The van der Waals surface area contributed by atoms with Gasteiger partial charge < -0.3 is 10.3 Å². The van der Waals surface area contributed by atoms with Crippen LogP contribution in [0, 0.1) is 0 Å². The molecule has 1 aliphatic rings. The molecule has 1 aromatic carbocycles. The lowest BCUT2D eigenvalue weighted by Crippen LogP contribution is -2.20. The van der Waals surface area contributed by atoms with E-state index in [9.17, 15) is 0 Å². The lowest BCUT2D eigenvalue weighted by atomic mass is 10.0. The Hall–Kier alpha value is -3.77. The van der Waals surface area contributed by atoms with Crippen LogP contribution in [-0.4, -0.2) is 38.2 Å². The van der Waals surface area contributed by atoms with Gasteiger partial charge in [0.2, 0.25) is 0 Å². The zero-order valence-corrected chi connectivity index (χ0v) is 16.3. The van der Waals surface area contributed by atoms with Crippen molar-refractivity contribution in [1.29, 1.82) is 0 Å². The molecule has 4 aromatic heterocycles. The Balaban J connectivity index is 1.50. The van der Waals surface area contributed by atoms with Gasteiger partial charge in [-0.1, -0.05) is 24.3 Å². The third-order valence-corrected chi connectivity index (χ3v) is 5.73. The highest BCUT2D eigenvalue weighted by Gasteiger charge is 2.15. The number of fused-ring (bicyclic) bond motifs is 2. The van der Waals surface area contributed by atoms with Crippen LogP contribution in [0.5, 0.6) is 0 Å². The Morgan fingerprint density at radius 2 is 1.93 bits per heavy atom. The van der Waals surface area contributed by atoms with Gasteiger partial charge in [0.15, 0.2) is 0 Å². The second-order valence-electron chi connectivity index (χ2n) is 7.56. The summed E-state index contributed by atoms with van der Waals surface area (Å²) < 4.78 is 0. The molecule has 0 amide bonds. The number of aromatic nitrogens is 5. The van der Waals surface area contributed by atoms with Gasteiger partial charge in [-0.2, -0.15) is 5.10 Å². The van der Waals surface area contributed by atoms with Crippen molar-refractivity contribution in [1.82, 2.24) is 30.5 Å². The zero-order valence-electron chi connectivity index (χ0n) is 16.3. The average Bonchev–Trinajstić information content (AvgIpc) is 3.43. The molecule has 0 unspecified atom stereocenters. The van der Waals surface area contributed by atoms with Crippen LogP contribution in [0.4, 0.5) is 0 Å². The summed E-state index contributed by atoms with van der Waals surface area (Å²) in [5, 5.41) is 13.3. The minimum Gasteiger partial charge on any atom is -0.353 e. The highest BCUT2D eigenvalue weighted by atomic mass is 15.1. The number of benzene rings is 1. The standard InChI is InChI=1S/C24H20N6/c1-4-17(16-3-2-8-26-13-16)18-11-22(28-20(18)5-1)24-19-12-21(15-6-9-25-10-7-15)27-14-23(19)29-30-24/h1-6,8,11-14,25,28H,7,9-10H2,(H,29,30). The number of pyridine rings is 2. The Labute approximate surface area is 173 Å². The Morgan fingerprint density at radius 3 is 2.80 bits per heavy atom. The number of nitrogens with zero attached hydrogens (tertiary/aromatic N) is 3. The SMILES string of the molecule is C1=C(c2cc3c(-c4cc5c(-c6cccnc6)cccc5[nH]4)n[nH]c3cn2)CCNC1. The van der Waals surface area contributed by atoms with E-state index in [0.717, 1.165) is 69.5 Å². The smallest absolute Gasteiger partial charge is 0.116 e. The number of aromatic amines is 2. The van der Waals surface area contributed by atoms with E-state index in [0.29, 0.717) is 0 Å². The summed E-state index contributed by atoms with van der Waals surface area (Å²) in [5.41, 5.74) is 8.50. The lowest BCUT2D eigenvalue weighted by molar-refractivity contribution is 0.737. The molecule has 0 spiro atoms. The first-order chi connectivity index (χ1) is 14.9. The number of hydrogen-bond acceptors (Lipinski definition) is 4. The molecule has 3 N–H and O–H groups in total. The fourth-order valence-electron chi connectivity index (χ4n) is 4.21. The molecule has 5 heterocycles. The van der Waals surface area contributed by atoms with E-state index in [4.69, 9.17) is 0 Å². The van der Waals surface area contributed by atoms with Crippen molar-refractivity contribution in [3.8, 4) is 22.5 Å². The summed E-state index contributed by atoms with van der Waals surface area (Å²) in [5.74, 6) is 0. The van der Waals surface area contributed by atoms with E-state index in [2.05, 4.69) is 72.9 Å². The molecule has 0 bridgehead atoms. The summed E-state index contributed by atoms with van der Waals surface area (Å²) in [6.45, 7) is 1.88. The second-order valence-corrected chi connectivity index (χ2v) is 7.56. The first-order valence-electron chi connectivity index (χ1n) is 10.1. The predicted octanol–water partition coefficient (Wildman–Crippen LogP) is 4.54. The topological polar surface area (TPSA) is 82.3 Å². The molecule has 146 valence electrons. The van der Waals surface area contributed by atoms with Gasteiger partial charge in [0, 0.05) is 40.8 Å². The molecule has 0 radical (unpaired) electrons. The van der Waals surface area contributed by atoms with Gasteiger partial charge in [0.1, 0.15) is 5.69 Å². The van der Waals surface area contributed by atoms with Crippen LogP contribution in [0.3, 0.4) is 0 Å². The molecule has 5 aromatic rings. The fourth-order valence-corrected chi connectivity index (χ4v) is 4.21. The van der Waals surface area contributed by atoms with Crippen molar-refractivity contribution in [2.24, 2.45) is 0 Å². The Kier molecular flexibility index (Phi) is 3.95. The molecule has 0 aliphatic carbocycles. The van der Waals surface area contributed by atoms with Crippen molar-refractivity contribution >= 4 is 27.4 Å². The lowest BCUT2D eigenvalue weighted by Gasteiger charge is -2.13. The third kappa shape index (κ3) is 2.81. The van der Waals surface area contributed by atoms with Gasteiger partial charge in [0.05, 0.1) is 23.1 Å². The van der Waals surface area contributed by atoms with Crippen molar-refractivity contribution in [2.75, 3.05) is 13.1 Å². The largest absolute Gasteiger partial charge is 0.353 e. The first kappa shape index (κ1) is 17.1. The van der Waals surface area contributed by atoms with Gasteiger partial charge in [-0.25, -0.2) is 0 Å². The van der Waals surface area contributed by atoms with E-state index in [-0.39, 0.29) is 0 Å². The highest BCUT2D eigenvalue weighted by molar-refractivity contribution is 6.01. The zero-order chi connectivity index (χ0) is 19.9. The number of nitrogens with one attached hydrogen (secondary N) is 3. The average molecular weight is 392 g/mol. The minimum absolute atomic E-state index is 0.895. The maximum absolute atomic E-state index is 4.65. The van der Waals surface area contributed by atoms with E-state index >= 15 is 0 Å². The molecule has 1 aliphatic heterocycles. The van der Waals surface area contributed by atoms with E-state index in [1.807, 2.05) is 18.5 Å². The number of rotatable bonds is 3. The molecule has 0 fully saturated rings. The van der Waals surface area contributed by atoms with Gasteiger partial charge in [-0.05, 0) is 48.4 Å². The minimum atomic E-state index is 0.895. The summed E-state index contributed by atoms with van der Waals surface area (Å²) in [4.78, 5) is 12.5. The van der Waals surface area contributed by atoms with Crippen LogP contribution in [0.1, 0.15) is 12.1 Å². The van der Waals surface area contributed by atoms with Crippen molar-refractivity contribution in [3.05, 3.63) is 72.8 Å². The first-order valence-corrected chi connectivity index (χ1v) is 10.1. The quantitative estimate of drug-likeness (QED) is 0.421. The van der Waals surface area contributed by atoms with Gasteiger partial charge >= 0.3 is 0 Å². The van der Waals surface area contributed by atoms with Crippen molar-refractivity contribution in [3.63, 3.8) is 0 Å². The summed E-state index contributed by atoms with van der Waals surface area (Å²) in [6, 6.07) is 14.7. The maximum atomic E-state index is 4.65. The van der Waals surface area contributed by atoms with Crippen molar-refractivity contribution in [2.45, 2.75) is 6.42 Å². The van der Waals surface area contributed by atoms with Crippen LogP contribution in [-0.2, 0) is 0 Å². The van der Waals surface area contributed by atoms with Gasteiger partial charge in [-0.3, -0.25) is 15.1 Å². The van der Waals surface area contributed by atoms with Crippen LogP contribution in [0.2, 0.25) is 0 Å². The molecule has 0 saturated heterocycles. The maximum Gasteiger partial charge on any atom is 0.116 e. The summed E-state index contributed by atoms with van der Waals surface area (Å²) >= 11 is 0. The molecule has 30 heavy (non-hydrogen) atoms. The molecular weight excluding hydrogens is 372 g/mol. The summed E-state index contributed by atoms with van der Waals surface area (Å²) in [7, 11) is 0. The van der Waals surface area contributed by atoms with Crippen LogP contribution in [0.15, 0.2) is 67.1 Å². The van der Waals surface area contributed by atoms with Crippen LogP contribution < -0.4 is 5.32 Å². The van der Waals surface area contributed by atoms with Gasteiger partial charge in [0.25, 0.3) is 0 Å². The summed E-state index contributed by atoms with van der Waals surface area (Å²) in [6.07, 6.45) is 8.79. The molecule has 0 saturated carbocycles. The molecule has 0 atom stereocenters. The number of hydrogen-bond donors (Lipinski definition) is 3. The second kappa shape index (κ2) is 6.93. The molecule has 6 nitrogen and oxygen atoms in total. The van der Waals surface area contributed by atoms with Gasteiger partial charge in [-0.15, -0.1) is 0 Å². The van der Waals surface area contributed by atoms with Crippen LogP contribution >= 0.6 is 0 Å². The normalized spacial score (nSPS) is 14.3. The van der Waals surface area contributed by atoms with E-state index < -0.39 is 0 Å². The Bertz CT molecular complexity index is 1390. The Morgan fingerprint density at radius 1 is 0.933 bits per heavy atom. The molecule has 6 heteroatoms. The monoisotopic (exact) mass is 392 g/mol. The molecular formula is C24H20N6. The predicted molar refractivity (Wildman–Crippen MR) is 120 cm³/mol. The number of H-pyrrole nitrogens is 2. The third-order valence-electron chi connectivity index (χ3n) is 5.73. The van der Waals surface area contributed by atoms with Crippen LogP contribution in [0.25, 0.3) is 49.9 Å². The van der Waals surface area contributed by atoms with E-state index in [1.165, 1.54) is 5.57 Å². The van der Waals surface area contributed by atoms with Crippen molar-refractivity contribution < 1.29 is 0 Å². The molecule has 6 rings (SSSR count). The highest BCUT2D eigenvalue weighted by Crippen LogP contribution is 2.34.